The van der Waals surface area contributed by atoms with Gasteiger partial charge < -0.3 is 24.8 Å². The molecule has 9 heteroatoms. The van der Waals surface area contributed by atoms with Crippen molar-refractivity contribution in [3.63, 3.8) is 0 Å². The summed E-state index contributed by atoms with van der Waals surface area (Å²) in [4.78, 5) is 23.3. The van der Waals surface area contributed by atoms with Crippen LogP contribution in [0.2, 0.25) is 0 Å². The molecule has 25 heavy (non-hydrogen) atoms. The number of hydrogen-bond donors (Lipinski definition) is 2. The summed E-state index contributed by atoms with van der Waals surface area (Å²) < 4.78 is 15.6. The van der Waals surface area contributed by atoms with E-state index in [1.54, 1.807) is 25.1 Å². The number of methoxy groups -OCH3 is 2. The van der Waals surface area contributed by atoms with E-state index in [-0.39, 0.29) is 17.9 Å². The first-order chi connectivity index (χ1) is 11.9. The van der Waals surface area contributed by atoms with Crippen LogP contribution in [0.25, 0.3) is 0 Å². The molecule has 2 rings (SSSR count). The Labute approximate surface area is 155 Å². The van der Waals surface area contributed by atoms with E-state index in [4.69, 9.17) is 37.4 Å². The van der Waals surface area contributed by atoms with Crippen molar-refractivity contribution in [1.29, 1.82) is 0 Å². The van der Waals surface area contributed by atoms with Gasteiger partial charge in [0.25, 0.3) is 0 Å². The van der Waals surface area contributed by atoms with Crippen molar-refractivity contribution in [2.24, 2.45) is 0 Å². The third-order valence-corrected chi connectivity index (χ3v) is 3.99. The van der Waals surface area contributed by atoms with Gasteiger partial charge in [-0.1, -0.05) is 29.3 Å². The number of carbonyl (C=O) groups excluding carboxylic acids is 2. The highest BCUT2D eigenvalue weighted by Gasteiger charge is 2.36. The molecule has 0 aromatic heterocycles. The van der Waals surface area contributed by atoms with E-state index >= 15 is 0 Å². The van der Waals surface area contributed by atoms with Crippen LogP contribution in [0.4, 0.5) is 4.79 Å². The number of amides is 2. The molecule has 2 amide bonds. The fourth-order valence-corrected chi connectivity index (χ4v) is 2.82. The first kappa shape index (κ1) is 19.2. The molecular formula is C16H18Cl2N2O5. The minimum Gasteiger partial charge on any atom is -0.493 e. The smallest absolute Gasteiger partial charge is 0.338 e. The van der Waals surface area contributed by atoms with Crippen LogP contribution in [-0.4, -0.2) is 37.7 Å². The summed E-state index contributed by atoms with van der Waals surface area (Å²) >= 11 is 11.9. The number of urea groups is 1. The first-order valence-corrected chi connectivity index (χ1v) is 8.28. The molecule has 1 aliphatic rings. The standard InChI is InChI=1S/C16H18Cl2N2O5/c1-4-25-15(21)11-12(19-16(22)20-13(11)14(17)18)8-5-6-9(23-2)10(7-8)24-3/h5-7,12,14H,4H2,1-3H3,(H2,19,20,22). The highest BCUT2D eigenvalue weighted by atomic mass is 35.5. The Hall–Kier alpha value is -2.12. The minimum atomic E-state index is -1.10. The maximum atomic E-state index is 12.4. The van der Waals surface area contributed by atoms with Crippen LogP contribution >= 0.6 is 23.2 Å². The summed E-state index contributed by atoms with van der Waals surface area (Å²) in [5.41, 5.74) is 0.802. The zero-order valence-electron chi connectivity index (χ0n) is 13.9. The van der Waals surface area contributed by atoms with Crippen molar-refractivity contribution in [3.8, 4) is 11.5 Å². The highest BCUT2D eigenvalue weighted by Crippen LogP contribution is 2.35. The summed E-state index contributed by atoms with van der Waals surface area (Å²) in [6.45, 7) is 1.84. The first-order valence-electron chi connectivity index (χ1n) is 7.41. The number of esters is 1. The minimum absolute atomic E-state index is 0.0883. The average Bonchev–Trinajstić information content (AvgIpc) is 2.60. The van der Waals surface area contributed by atoms with Crippen molar-refractivity contribution in [3.05, 3.63) is 35.0 Å². The number of hydrogen-bond acceptors (Lipinski definition) is 5. The second-order valence-corrected chi connectivity index (χ2v) is 6.09. The molecule has 1 unspecified atom stereocenters. The number of ether oxygens (including phenoxy) is 3. The number of allylic oxidation sites excluding steroid dienone is 1. The Morgan fingerprint density at radius 3 is 2.48 bits per heavy atom. The summed E-state index contributed by atoms with van der Waals surface area (Å²) in [5.74, 6) is 0.336. The SMILES string of the molecule is CCOC(=O)C1=C(C(Cl)Cl)NC(=O)NC1c1ccc(OC)c(OC)c1. The lowest BCUT2D eigenvalue weighted by Gasteiger charge is -2.30. The number of halogens is 2. The molecule has 136 valence electrons. The molecule has 1 aromatic rings. The normalized spacial score (nSPS) is 17.0. The lowest BCUT2D eigenvalue weighted by atomic mass is 9.95. The zero-order valence-corrected chi connectivity index (χ0v) is 15.4. The zero-order chi connectivity index (χ0) is 18.6. The molecule has 1 aromatic carbocycles. The molecule has 0 bridgehead atoms. The summed E-state index contributed by atoms with van der Waals surface area (Å²) in [7, 11) is 3.00. The molecule has 0 saturated carbocycles. The van der Waals surface area contributed by atoms with Crippen LogP contribution in [0.1, 0.15) is 18.5 Å². The summed E-state index contributed by atoms with van der Waals surface area (Å²) in [6, 6.07) is 3.69. The van der Waals surface area contributed by atoms with Crippen molar-refractivity contribution >= 4 is 35.2 Å². The van der Waals surface area contributed by atoms with E-state index in [0.29, 0.717) is 17.1 Å². The molecule has 1 atom stereocenters. The molecule has 2 N–H and O–H groups in total. The highest BCUT2D eigenvalue weighted by molar-refractivity contribution is 6.46. The molecule has 1 aliphatic heterocycles. The van der Waals surface area contributed by atoms with E-state index in [0.717, 1.165) is 0 Å². The van der Waals surface area contributed by atoms with Gasteiger partial charge in [-0.05, 0) is 24.6 Å². The number of benzene rings is 1. The maximum absolute atomic E-state index is 12.4. The quantitative estimate of drug-likeness (QED) is 0.577. The van der Waals surface area contributed by atoms with E-state index in [9.17, 15) is 9.59 Å². The average molecular weight is 389 g/mol. The van der Waals surface area contributed by atoms with Crippen LogP contribution in [0.5, 0.6) is 11.5 Å². The van der Waals surface area contributed by atoms with Crippen LogP contribution in [0.15, 0.2) is 29.5 Å². The molecule has 1 heterocycles. The maximum Gasteiger partial charge on any atom is 0.338 e. The Bertz CT molecular complexity index is 706. The number of rotatable bonds is 6. The van der Waals surface area contributed by atoms with E-state index in [1.165, 1.54) is 14.2 Å². The summed E-state index contributed by atoms with van der Waals surface area (Å²) in [6.07, 6.45) is 0. The Kier molecular flexibility index (Phi) is 6.39. The fraction of sp³-hybridized carbons (Fsp3) is 0.375. The van der Waals surface area contributed by atoms with Gasteiger partial charge in [-0.2, -0.15) is 0 Å². The Balaban J connectivity index is 2.57. The van der Waals surface area contributed by atoms with Gasteiger partial charge in [0.2, 0.25) is 0 Å². The van der Waals surface area contributed by atoms with Crippen LogP contribution < -0.4 is 20.1 Å². The lowest BCUT2D eigenvalue weighted by molar-refractivity contribution is -0.139. The number of alkyl halides is 2. The van der Waals surface area contributed by atoms with Gasteiger partial charge in [-0.15, -0.1) is 0 Å². The van der Waals surface area contributed by atoms with Gasteiger partial charge in [-0.25, -0.2) is 9.59 Å². The Morgan fingerprint density at radius 2 is 1.92 bits per heavy atom. The van der Waals surface area contributed by atoms with Crippen molar-refractivity contribution in [1.82, 2.24) is 10.6 Å². The van der Waals surface area contributed by atoms with Crippen molar-refractivity contribution in [2.45, 2.75) is 17.8 Å². The molecular weight excluding hydrogens is 371 g/mol. The largest absolute Gasteiger partial charge is 0.493 e. The molecule has 0 radical (unpaired) electrons. The molecule has 0 saturated heterocycles. The van der Waals surface area contributed by atoms with Gasteiger partial charge in [-0.3, -0.25) is 0 Å². The van der Waals surface area contributed by atoms with Gasteiger partial charge >= 0.3 is 12.0 Å². The lowest BCUT2D eigenvalue weighted by Crippen LogP contribution is -2.47. The molecule has 0 fully saturated rings. The Morgan fingerprint density at radius 1 is 1.24 bits per heavy atom. The predicted octanol–water partition coefficient (Wildman–Crippen LogP) is 2.68. The van der Waals surface area contributed by atoms with Crippen molar-refractivity contribution in [2.75, 3.05) is 20.8 Å². The van der Waals surface area contributed by atoms with Gasteiger partial charge in [0.15, 0.2) is 11.5 Å². The summed E-state index contributed by atoms with van der Waals surface area (Å²) in [5, 5.41) is 5.14. The third kappa shape index (κ3) is 4.11. The van der Waals surface area contributed by atoms with Crippen LogP contribution in [0.3, 0.4) is 0 Å². The number of carbonyl (C=O) groups is 2. The fourth-order valence-electron chi connectivity index (χ4n) is 2.48. The van der Waals surface area contributed by atoms with Crippen molar-refractivity contribution < 1.29 is 23.8 Å². The van der Waals surface area contributed by atoms with E-state index in [1.807, 2.05) is 0 Å². The third-order valence-electron chi connectivity index (χ3n) is 3.56. The predicted molar refractivity (Wildman–Crippen MR) is 93.1 cm³/mol. The molecule has 0 spiro atoms. The van der Waals surface area contributed by atoms with E-state index in [2.05, 4.69) is 10.6 Å². The van der Waals surface area contributed by atoms with Gasteiger partial charge in [0.1, 0.15) is 4.84 Å². The van der Waals surface area contributed by atoms with Gasteiger partial charge in [0, 0.05) is 0 Å². The molecule has 7 nitrogen and oxygen atoms in total. The van der Waals surface area contributed by atoms with Crippen LogP contribution in [-0.2, 0) is 9.53 Å². The number of nitrogens with one attached hydrogen (secondary N) is 2. The topological polar surface area (TPSA) is 85.9 Å². The monoisotopic (exact) mass is 388 g/mol. The van der Waals surface area contributed by atoms with E-state index < -0.39 is 22.9 Å². The second-order valence-electron chi connectivity index (χ2n) is 4.99. The van der Waals surface area contributed by atoms with Gasteiger partial charge in [0.05, 0.1) is 38.1 Å². The van der Waals surface area contributed by atoms with Crippen LogP contribution in [0, 0.1) is 0 Å². The second kappa shape index (κ2) is 8.31. The molecule has 0 aliphatic carbocycles.